The van der Waals surface area contributed by atoms with Crippen LogP contribution in [0.15, 0.2) is 29.4 Å². The number of hydrogen-bond acceptors (Lipinski definition) is 5. The number of aryl methyl sites for hydroxylation is 1. The number of thioether (sulfide) groups is 1. The van der Waals surface area contributed by atoms with Crippen molar-refractivity contribution in [1.29, 1.82) is 0 Å². The standard InChI is InChI=1S/C17H25N5OS/c1-4-5-6-15-20-21-17(22(15)18)24-11-16(23)19-14-9-7-13(8-10-14)12(2)3/h7-10,12H,4-6,11,18H2,1-3H3,(H,19,23). The zero-order valence-corrected chi connectivity index (χ0v) is 15.3. The first-order valence-corrected chi connectivity index (χ1v) is 9.21. The molecule has 0 atom stereocenters. The summed E-state index contributed by atoms with van der Waals surface area (Å²) in [5.41, 5.74) is 2.04. The molecule has 1 amide bonds. The van der Waals surface area contributed by atoms with Gasteiger partial charge in [-0.15, -0.1) is 10.2 Å². The average molecular weight is 347 g/mol. The van der Waals surface area contributed by atoms with Gasteiger partial charge < -0.3 is 11.2 Å². The highest BCUT2D eigenvalue weighted by Gasteiger charge is 2.12. The van der Waals surface area contributed by atoms with Crippen molar-refractivity contribution in [2.75, 3.05) is 16.9 Å². The highest BCUT2D eigenvalue weighted by atomic mass is 32.2. The molecule has 0 unspecified atom stereocenters. The SMILES string of the molecule is CCCCc1nnc(SCC(=O)Nc2ccc(C(C)C)cc2)n1N. The van der Waals surface area contributed by atoms with Crippen LogP contribution in [0.5, 0.6) is 0 Å². The molecule has 130 valence electrons. The second kappa shape index (κ2) is 8.73. The number of unbranched alkanes of at least 4 members (excludes halogenated alkanes) is 1. The first-order chi connectivity index (χ1) is 11.5. The predicted molar refractivity (Wildman–Crippen MR) is 98.7 cm³/mol. The fourth-order valence-electron chi connectivity index (χ4n) is 2.19. The van der Waals surface area contributed by atoms with Crippen LogP contribution >= 0.6 is 11.8 Å². The van der Waals surface area contributed by atoms with Gasteiger partial charge in [0.15, 0.2) is 5.82 Å². The Labute approximate surface area is 147 Å². The lowest BCUT2D eigenvalue weighted by Gasteiger charge is -2.08. The largest absolute Gasteiger partial charge is 0.336 e. The molecular formula is C17H25N5OS. The van der Waals surface area contributed by atoms with Crippen LogP contribution in [-0.4, -0.2) is 26.5 Å². The molecule has 1 aromatic carbocycles. The maximum absolute atomic E-state index is 12.1. The van der Waals surface area contributed by atoms with Crippen LogP contribution in [0.1, 0.15) is 50.9 Å². The smallest absolute Gasteiger partial charge is 0.234 e. The molecule has 0 aliphatic carbocycles. The van der Waals surface area contributed by atoms with Crippen LogP contribution in [-0.2, 0) is 11.2 Å². The normalized spacial score (nSPS) is 11.0. The van der Waals surface area contributed by atoms with Crippen LogP contribution in [0, 0.1) is 0 Å². The van der Waals surface area contributed by atoms with E-state index in [2.05, 4.69) is 36.3 Å². The Kier molecular flexibility index (Phi) is 6.66. The Hall–Kier alpha value is -2.02. The fraction of sp³-hybridized carbons (Fsp3) is 0.471. The second-order valence-electron chi connectivity index (χ2n) is 5.99. The Balaban J connectivity index is 1.86. The lowest BCUT2D eigenvalue weighted by atomic mass is 10.0. The number of carbonyl (C=O) groups excluding carboxylic acids is 1. The number of anilines is 1. The third-order valence-corrected chi connectivity index (χ3v) is 4.63. The number of rotatable bonds is 8. The summed E-state index contributed by atoms with van der Waals surface area (Å²) in [6.45, 7) is 6.40. The lowest BCUT2D eigenvalue weighted by molar-refractivity contribution is -0.113. The van der Waals surface area contributed by atoms with Gasteiger partial charge in [-0.1, -0.05) is 51.1 Å². The Bertz CT molecular complexity index is 666. The number of nitrogen functional groups attached to an aromatic ring is 1. The highest BCUT2D eigenvalue weighted by Crippen LogP contribution is 2.19. The minimum atomic E-state index is -0.0876. The van der Waals surface area contributed by atoms with E-state index in [9.17, 15) is 4.79 Å². The molecule has 7 heteroatoms. The van der Waals surface area contributed by atoms with E-state index >= 15 is 0 Å². The van der Waals surface area contributed by atoms with Crippen molar-refractivity contribution in [3.05, 3.63) is 35.7 Å². The van der Waals surface area contributed by atoms with E-state index in [0.29, 0.717) is 11.1 Å². The highest BCUT2D eigenvalue weighted by molar-refractivity contribution is 7.99. The minimum absolute atomic E-state index is 0.0876. The third-order valence-electron chi connectivity index (χ3n) is 3.68. The summed E-state index contributed by atoms with van der Waals surface area (Å²) >= 11 is 1.29. The monoisotopic (exact) mass is 347 g/mol. The van der Waals surface area contributed by atoms with Crippen molar-refractivity contribution in [2.45, 2.75) is 51.1 Å². The molecule has 0 fully saturated rings. The minimum Gasteiger partial charge on any atom is -0.336 e. The molecule has 0 spiro atoms. The number of carbonyl (C=O) groups is 1. The summed E-state index contributed by atoms with van der Waals surface area (Å²) in [4.78, 5) is 12.1. The topological polar surface area (TPSA) is 85.8 Å². The molecule has 2 aromatic rings. The van der Waals surface area contributed by atoms with Gasteiger partial charge in [0.1, 0.15) is 0 Å². The van der Waals surface area contributed by atoms with Crippen molar-refractivity contribution in [1.82, 2.24) is 14.9 Å². The van der Waals surface area contributed by atoms with Gasteiger partial charge in [0, 0.05) is 12.1 Å². The van der Waals surface area contributed by atoms with Crippen LogP contribution in [0.2, 0.25) is 0 Å². The Morgan fingerprint density at radius 1 is 1.29 bits per heavy atom. The molecule has 0 saturated heterocycles. The summed E-state index contributed by atoms with van der Waals surface area (Å²) in [6, 6.07) is 7.91. The van der Waals surface area contributed by atoms with Gasteiger partial charge >= 0.3 is 0 Å². The Morgan fingerprint density at radius 2 is 2.00 bits per heavy atom. The van der Waals surface area contributed by atoms with Crippen molar-refractivity contribution in [3.63, 3.8) is 0 Å². The molecule has 0 aliphatic heterocycles. The van der Waals surface area contributed by atoms with Crippen molar-refractivity contribution in [2.24, 2.45) is 0 Å². The fourth-order valence-corrected chi connectivity index (χ4v) is 2.86. The average Bonchev–Trinajstić information content (AvgIpc) is 2.91. The second-order valence-corrected chi connectivity index (χ2v) is 6.93. The molecule has 1 aromatic heterocycles. The molecule has 3 N–H and O–H groups in total. The van der Waals surface area contributed by atoms with E-state index in [-0.39, 0.29) is 11.7 Å². The Morgan fingerprint density at radius 3 is 2.62 bits per heavy atom. The number of nitrogens with zero attached hydrogens (tertiary/aromatic N) is 3. The molecule has 6 nitrogen and oxygen atoms in total. The van der Waals surface area contributed by atoms with Crippen LogP contribution < -0.4 is 11.2 Å². The van der Waals surface area contributed by atoms with Crippen LogP contribution in [0.4, 0.5) is 5.69 Å². The van der Waals surface area contributed by atoms with Crippen LogP contribution in [0.25, 0.3) is 0 Å². The number of benzene rings is 1. The molecule has 0 bridgehead atoms. The van der Waals surface area contributed by atoms with Gasteiger partial charge in [0.05, 0.1) is 5.75 Å². The first kappa shape index (κ1) is 18.3. The maximum Gasteiger partial charge on any atom is 0.234 e. The number of aromatic nitrogens is 3. The molecular weight excluding hydrogens is 322 g/mol. The van der Waals surface area contributed by atoms with Crippen molar-refractivity contribution in [3.8, 4) is 0 Å². The van der Waals surface area contributed by atoms with Crippen LogP contribution in [0.3, 0.4) is 0 Å². The summed E-state index contributed by atoms with van der Waals surface area (Å²) in [5, 5.41) is 11.6. The van der Waals surface area contributed by atoms with E-state index < -0.39 is 0 Å². The number of nitrogens with one attached hydrogen (secondary N) is 1. The summed E-state index contributed by atoms with van der Waals surface area (Å²) in [6.07, 6.45) is 2.90. The number of nitrogens with two attached hydrogens (primary N) is 1. The first-order valence-electron chi connectivity index (χ1n) is 8.23. The summed E-state index contributed by atoms with van der Waals surface area (Å²) < 4.78 is 1.48. The number of amides is 1. The van der Waals surface area contributed by atoms with E-state index in [1.54, 1.807) is 0 Å². The molecule has 1 heterocycles. The lowest BCUT2D eigenvalue weighted by Crippen LogP contribution is -2.17. The predicted octanol–water partition coefficient (Wildman–Crippen LogP) is 3.19. The molecule has 0 saturated carbocycles. The van der Waals surface area contributed by atoms with Crippen molar-refractivity contribution < 1.29 is 4.79 Å². The van der Waals surface area contributed by atoms with E-state index in [1.165, 1.54) is 22.0 Å². The zero-order chi connectivity index (χ0) is 17.5. The number of hydrogen-bond donors (Lipinski definition) is 2. The van der Waals surface area contributed by atoms with E-state index in [1.807, 2.05) is 24.3 Å². The van der Waals surface area contributed by atoms with Gasteiger partial charge in [-0.2, -0.15) is 0 Å². The van der Waals surface area contributed by atoms with Gasteiger partial charge in [-0.25, -0.2) is 4.68 Å². The van der Waals surface area contributed by atoms with Gasteiger partial charge in [-0.05, 0) is 30.0 Å². The maximum atomic E-state index is 12.1. The summed E-state index contributed by atoms with van der Waals surface area (Å²) in [7, 11) is 0. The third kappa shape index (κ3) is 4.99. The van der Waals surface area contributed by atoms with Gasteiger partial charge in [0.2, 0.25) is 11.1 Å². The van der Waals surface area contributed by atoms with Gasteiger partial charge in [-0.3, -0.25) is 4.79 Å². The van der Waals surface area contributed by atoms with E-state index in [4.69, 9.17) is 5.84 Å². The van der Waals surface area contributed by atoms with E-state index in [0.717, 1.165) is 30.8 Å². The van der Waals surface area contributed by atoms with Gasteiger partial charge in [0.25, 0.3) is 0 Å². The molecule has 0 radical (unpaired) electrons. The zero-order valence-electron chi connectivity index (χ0n) is 14.5. The summed E-state index contributed by atoms with van der Waals surface area (Å²) in [5.74, 6) is 7.35. The molecule has 0 aliphatic rings. The molecule has 24 heavy (non-hydrogen) atoms. The molecule has 2 rings (SSSR count). The quantitative estimate of drug-likeness (QED) is 0.566. The van der Waals surface area contributed by atoms with Crippen molar-refractivity contribution >= 4 is 23.4 Å².